The molecule has 0 aromatic rings. The van der Waals surface area contributed by atoms with Crippen molar-refractivity contribution >= 4 is 46.1 Å². The molecule has 0 aromatic carbocycles. The number of hydrazone groups is 2. The SMILES string of the molecule is CCNC(=S)N/N=C1\CC[C@H](CCO)\C1=N/NC(=S)NCC. The van der Waals surface area contributed by atoms with Gasteiger partial charge in [0.15, 0.2) is 10.2 Å². The maximum absolute atomic E-state index is 9.18. The second-order valence-corrected chi connectivity index (χ2v) is 5.56. The summed E-state index contributed by atoms with van der Waals surface area (Å²) < 4.78 is 0. The summed E-state index contributed by atoms with van der Waals surface area (Å²) in [7, 11) is 0. The van der Waals surface area contributed by atoms with E-state index in [2.05, 4.69) is 31.7 Å². The smallest absolute Gasteiger partial charge is 0.186 e. The van der Waals surface area contributed by atoms with Gasteiger partial charge < -0.3 is 15.7 Å². The van der Waals surface area contributed by atoms with Gasteiger partial charge >= 0.3 is 0 Å². The lowest BCUT2D eigenvalue weighted by molar-refractivity contribution is 0.273. The first kappa shape index (κ1) is 18.7. The second-order valence-electron chi connectivity index (χ2n) is 4.75. The molecule has 0 radical (unpaired) electrons. The third-order valence-corrected chi connectivity index (χ3v) is 3.61. The molecule has 22 heavy (non-hydrogen) atoms. The van der Waals surface area contributed by atoms with Crippen molar-refractivity contribution in [3.05, 3.63) is 0 Å². The zero-order valence-electron chi connectivity index (χ0n) is 13.0. The van der Waals surface area contributed by atoms with Crippen molar-refractivity contribution in [1.29, 1.82) is 0 Å². The van der Waals surface area contributed by atoms with E-state index >= 15 is 0 Å². The van der Waals surface area contributed by atoms with Gasteiger partial charge in [-0.25, -0.2) is 0 Å². The molecule has 1 aliphatic carbocycles. The normalized spacial score (nSPS) is 21.0. The first-order valence-corrected chi connectivity index (χ1v) is 8.27. The Balaban J connectivity index is 2.77. The largest absolute Gasteiger partial charge is 0.396 e. The highest BCUT2D eigenvalue weighted by Gasteiger charge is 2.28. The van der Waals surface area contributed by atoms with Crippen molar-refractivity contribution in [3.8, 4) is 0 Å². The van der Waals surface area contributed by atoms with Crippen molar-refractivity contribution in [3.63, 3.8) is 0 Å². The summed E-state index contributed by atoms with van der Waals surface area (Å²) in [5, 5.41) is 24.8. The van der Waals surface area contributed by atoms with Crippen LogP contribution in [0.15, 0.2) is 10.2 Å². The molecule has 0 unspecified atom stereocenters. The van der Waals surface area contributed by atoms with Gasteiger partial charge in [-0.05, 0) is 57.5 Å². The van der Waals surface area contributed by atoms with E-state index in [0.29, 0.717) is 16.6 Å². The predicted molar refractivity (Wildman–Crippen MR) is 98.1 cm³/mol. The van der Waals surface area contributed by atoms with Gasteiger partial charge in [0, 0.05) is 25.6 Å². The lowest BCUT2D eigenvalue weighted by Crippen LogP contribution is -2.35. The summed E-state index contributed by atoms with van der Waals surface area (Å²) in [5.74, 6) is 0.176. The van der Waals surface area contributed by atoms with Crippen LogP contribution < -0.4 is 21.5 Å². The van der Waals surface area contributed by atoms with E-state index in [1.807, 2.05) is 13.8 Å². The lowest BCUT2D eigenvalue weighted by atomic mass is 10.0. The van der Waals surface area contributed by atoms with E-state index in [-0.39, 0.29) is 12.5 Å². The number of hydrogen-bond donors (Lipinski definition) is 5. The molecule has 124 valence electrons. The summed E-state index contributed by atoms with van der Waals surface area (Å²) >= 11 is 10.2. The number of aliphatic hydroxyl groups excluding tert-OH is 1. The first-order chi connectivity index (χ1) is 10.6. The summed E-state index contributed by atoms with van der Waals surface area (Å²) in [6.07, 6.45) is 2.36. The summed E-state index contributed by atoms with van der Waals surface area (Å²) in [6.45, 7) is 5.52. The third-order valence-electron chi connectivity index (χ3n) is 3.13. The average Bonchev–Trinajstić information content (AvgIpc) is 2.86. The fourth-order valence-corrected chi connectivity index (χ4v) is 2.53. The van der Waals surface area contributed by atoms with Crippen molar-refractivity contribution in [2.75, 3.05) is 19.7 Å². The summed E-state index contributed by atoms with van der Waals surface area (Å²) in [4.78, 5) is 0. The molecule has 0 aromatic heterocycles. The molecule has 0 amide bonds. The van der Waals surface area contributed by atoms with Gasteiger partial charge in [-0.3, -0.25) is 10.9 Å². The molecule has 1 rings (SSSR count). The molecule has 0 spiro atoms. The van der Waals surface area contributed by atoms with Gasteiger partial charge in [-0.1, -0.05) is 0 Å². The second kappa shape index (κ2) is 10.4. The lowest BCUT2D eigenvalue weighted by Gasteiger charge is -2.11. The van der Waals surface area contributed by atoms with E-state index in [4.69, 9.17) is 24.4 Å². The minimum Gasteiger partial charge on any atom is -0.396 e. The number of aliphatic hydroxyl groups is 1. The van der Waals surface area contributed by atoms with Gasteiger partial charge in [0.25, 0.3) is 0 Å². The van der Waals surface area contributed by atoms with Crippen LogP contribution in [0.5, 0.6) is 0 Å². The average molecular weight is 345 g/mol. The minimum absolute atomic E-state index is 0.123. The number of hydrogen-bond acceptors (Lipinski definition) is 5. The Bertz CT molecular complexity index is 452. The van der Waals surface area contributed by atoms with Crippen LogP contribution in [0, 0.1) is 5.92 Å². The van der Waals surface area contributed by atoms with Gasteiger partial charge in [-0.2, -0.15) is 10.2 Å². The van der Waals surface area contributed by atoms with Crippen LogP contribution in [0.3, 0.4) is 0 Å². The first-order valence-electron chi connectivity index (χ1n) is 7.45. The molecular weight excluding hydrogens is 320 g/mol. The van der Waals surface area contributed by atoms with Crippen LogP contribution in [0.25, 0.3) is 0 Å². The van der Waals surface area contributed by atoms with E-state index in [1.165, 1.54) is 0 Å². The van der Waals surface area contributed by atoms with E-state index in [0.717, 1.165) is 37.4 Å². The van der Waals surface area contributed by atoms with E-state index in [9.17, 15) is 5.11 Å². The van der Waals surface area contributed by atoms with Gasteiger partial charge in [0.1, 0.15) is 0 Å². The van der Waals surface area contributed by atoms with Crippen LogP contribution in [0.4, 0.5) is 0 Å². The van der Waals surface area contributed by atoms with Crippen molar-refractivity contribution in [2.24, 2.45) is 16.1 Å². The monoisotopic (exact) mass is 344 g/mol. The van der Waals surface area contributed by atoms with Gasteiger partial charge in [0.2, 0.25) is 0 Å². The predicted octanol–water partition coefficient (Wildman–Crippen LogP) is 0.459. The highest BCUT2D eigenvalue weighted by Crippen LogP contribution is 2.23. The number of thiocarbonyl (C=S) groups is 2. The maximum Gasteiger partial charge on any atom is 0.186 e. The summed E-state index contributed by atoms with van der Waals surface area (Å²) in [5.41, 5.74) is 7.30. The van der Waals surface area contributed by atoms with Crippen molar-refractivity contribution in [2.45, 2.75) is 33.1 Å². The molecule has 7 nitrogen and oxygen atoms in total. The Morgan fingerprint density at radius 2 is 1.73 bits per heavy atom. The zero-order chi connectivity index (χ0) is 16.4. The Labute approximate surface area is 142 Å². The molecule has 1 aliphatic rings. The molecule has 9 heteroatoms. The summed E-state index contributed by atoms with van der Waals surface area (Å²) in [6, 6.07) is 0. The molecule has 1 atom stereocenters. The van der Waals surface area contributed by atoms with Crippen molar-refractivity contribution < 1.29 is 5.11 Å². The minimum atomic E-state index is 0.123. The quantitative estimate of drug-likeness (QED) is 0.353. The van der Waals surface area contributed by atoms with E-state index in [1.54, 1.807) is 0 Å². The van der Waals surface area contributed by atoms with E-state index < -0.39 is 0 Å². The molecule has 0 heterocycles. The fourth-order valence-electron chi connectivity index (χ4n) is 2.15. The maximum atomic E-state index is 9.18. The van der Waals surface area contributed by atoms with Crippen LogP contribution in [-0.4, -0.2) is 46.5 Å². The van der Waals surface area contributed by atoms with Crippen LogP contribution in [0.2, 0.25) is 0 Å². The highest BCUT2D eigenvalue weighted by atomic mass is 32.1. The molecule has 1 fully saturated rings. The Morgan fingerprint density at radius 1 is 1.14 bits per heavy atom. The molecule has 0 saturated heterocycles. The molecular formula is C13H24N6OS2. The highest BCUT2D eigenvalue weighted by molar-refractivity contribution is 7.80. The van der Waals surface area contributed by atoms with Gasteiger partial charge in [-0.15, -0.1) is 0 Å². The van der Waals surface area contributed by atoms with Crippen molar-refractivity contribution in [1.82, 2.24) is 21.5 Å². The number of nitrogens with one attached hydrogen (secondary N) is 4. The zero-order valence-corrected chi connectivity index (χ0v) is 14.6. The number of rotatable bonds is 6. The van der Waals surface area contributed by atoms with Crippen LogP contribution >= 0.6 is 24.4 Å². The number of nitrogens with zero attached hydrogens (tertiary/aromatic N) is 2. The Morgan fingerprint density at radius 3 is 2.27 bits per heavy atom. The fraction of sp³-hybridized carbons (Fsp3) is 0.692. The Kier molecular flexibility index (Phi) is 8.86. The Hall–Kier alpha value is -1.32. The molecule has 0 aliphatic heterocycles. The molecule has 1 saturated carbocycles. The van der Waals surface area contributed by atoms with Crippen LogP contribution in [-0.2, 0) is 0 Å². The standard InChI is InChI=1S/C13H24N6OS2/c1-3-14-12(21)18-16-10-6-5-9(7-8-20)11(10)17-19-13(22)15-4-2/h9,20H,3-8H2,1-2H3,(H2,14,18,21)(H2,15,19,22)/b16-10+,17-11+/t9-/m1/s1. The van der Waals surface area contributed by atoms with Gasteiger partial charge in [0.05, 0.1) is 11.4 Å². The molecule has 5 N–H and O–H groups in total. The third kappa shape index (κ3) is 6.20. The molecule has 0 bridgehead atoms. The topological polar surface area (TPSA) is 93.1 Å². The van der Waals surface area contributed by atoms with Crippen LogP contribution in [0.1, 0.15) is 33.1 Å².